The number of anilines is 1. The molecule has 0 radical (unpaired) electrons. The normalized spacial score (nSPS) is 11.1. The van der Waals surface area contributed by atoms with Crippen LogP contribution in [-0.2, 0) is 16.8 Å². The minimum absolute atomic E-state index is 0.0213. The molecule has 140 valence electrons. The van der Waals surface area contributed by atoms with Gasteiger partial charge in [0.25, 0.3) is 5.69 Å². The molecule has 0 aliphatic heterocycles. The SMILES string of the molecule is NS(=O)(=O)Oc1ccc(CN(c2ccc([N+](=O)[O-])cc2)n2cnnc2)cc1. The predicted octanol–water partition coefficient (Wildman–Crippen LogP) is 1.24. The molecule has 0 aliphatic carbocycles. The Hall–Kier alpha value is -3.51. The van der Waals surface area contributed by atoms with Crippen LogP contribution in [0, 0.1) is 10.1 Å². The van der Waals surface area contributed by atoms with Crippen molar-refractivity contribution in [2.75, 3.05) is 5.01 Å². The zero-order chi connectivity index (χ0) is 19.4. The van der Waals surface area contributed by atoms with E-state index in [4.69, 9.17) is 5.14 Å². The van der Waals surface area contributed by atoms with Crippen molar-refractivity contribution in [3.63, 3.8) is 0 Å². The molecule has 0 saturated heterocycles. The lowest BCUT2D eigenvalue weighted by atomic mass is 10.2. The molecule has 0 amide bonds. The van der Waals surface area contributed by atoms with E-state index in [1.807, 2.05) is 0 Å². The third-order valence-electron chi connectivity index (χ3n) is 3.51. The zero-order valence-electron chi connectivity index (χ0n) is 13.7. The molecule has 0 atom stereocenters. The van der Waals surface area contributed by atoms with Crippen molar-refractivity contribution >= 4 is 21.7 Å². The standard InChI is InChI=1S/C15H14N6O5S/c16-27(24,25)26-15-7-1-12(2-8-15)9-20(19-10-17-18-11-19)13-3-5-14(6-4-13)21(22)23/h1-8,10-11H,9H2,(H2,16,24,25). The number of nitrogens with zero attached hydrogens (tertiary/aromatic N) is 5. The summed E-state index contributed by atoms with van der Waals surface area (Å²) >= 11 is 0. The van der Waals surface area contributed by atoms with Crippen LogP contribution in [0.4, 0.5) is 11.4 Å². The lowest BCUT2D eigenvalue weighted by molar-refractivity contribution is -0.384. The van der Waals surface area contributed by atoms with Crippen LogP contribution in [0.2, 0.25) is 0 Å². The van der Waals surface area contributed by atoms with E-state index in [9.17, 15) is 18.5 Å². The maximum atomic E-state index is 11.0. The third-order valence-corrected chi connectivity index (χ3v) is 3.94. The highest BCUT2D eigenvalue weighted by molar-refractivity contribution is 7.84. The Morgan fingerprint density at radius 1 is 1.07 bits per heavy atom. The predicted molar refractivity (Wildman–Crippen MR) is 94.9 cm³/mol. The van der Waals surface area contributed by atoms with E-state index in [-0.39, 0.29) is 11.4 Å². The molecule has 27 heavy (non-hydrogen) atoms. The Kier molecular flexibility index (Phi) is 5.00. The van der Waals surface area contributed by atoms with E-state index in [2.05, 4.69) is 14.4 Å². The lowest BCUT2D eigenvalue weighted by Crippen LogP contribution is -2.27. The molecule has 2 aromatic carbocycles. The molecule has 0 unspecified atom stereocenters. The van der Waals surface area contributed by atoms with Crippen LogP contribution >= 0.6 is 0 Å². The fraction of sp³-hybridized carbons (Fsp3) is 0.0667. The molecule has 3 rings (SSSR count). The van der Waals surface area contributed by atoms with Crippen molar-refractivity contribution in [3.05, 3.63) is 76.9 Å². The van der Waals surface area contributed by atoms with E-state index < -0.39 is 15.2 Å². The van der Waals surface area contributed by atoms with Gasteiger partial charge < -0.3 is 4.18 Å². The van der Waals surface area contributed by atoms with Gasteiger partial charge >= 0.3 is 10.3 Å². The van der Waals surface area contributed by atoms with Gasteiger partial charge in [0, 0.05) is 12.1 Å². The highest BCUT2D eigenvalue weighted by atomic mass is 32.2. The van der Waals surface area contributed by atoms with Gasteiger partial charge in [0.1, 0.15) is 18.4 Å². The van der Waals surface area contributed by atoms with Gasteiger partial charge in [-0.15, -0.1) is 10.2 Å². The molecule has 0 saturated carbocycles. The van der Waals surface area contributed by atoms with Crippen LogP contribution in [-0.4, -0.2) is 28.2 Å². The van der Waals surface area contributed by atoms with E-state index >= 15 is 0 Å². The number of hydrogen-bond donors (Lipinski definition) is 1. The summed E-state index contributed by atoms with van der Waals surface area (Å²) in [5.41, 5.74) is 1.46. The average Bonchev–Trinajstić information content (AvgIpc) is 3.14. The number of non-ortho nitro benzene ring substituents is 1. The van der Waals surface area contributed by atoms with Crippen LogP contribution in [0.15, 0.2) is 61.2 Å². The van der Waals surface area contributed by atoms with Gasteiger partial charge in [-0.05, 0) is 29.8 Å². The lowest BCUT2D eigenvalue weighted by Gasteiger charge is -2.25. The summed E-state index contributed by atoms with van der Waals surface area (Å²) in [6, 6.07) is 12.3. The molecule has 2 N–H and O–H groups in total. The fourth-order valence-corrected chi connectivity index (χ4v) is 2.71. The second-order valence-corrected chi connectivity index (χ2v) is 6.55. The largest absolute Gasteiger partial charge is 0.380 e. The molecule has 0 spiro atoms. The highest BCUT2D eigenvalue weighted by Crippen LogP contribution is 2.23. The maximum Gasteiger partial charge on any atom is 0.380 e. The first-order valence-electron chi connectivity index (χ1n) is 7.50. The fourth-order valence-electron chi connectivity index (χ4n) is 2.33. The van der Waals surface area contributed by atoms with Crippen molar-refractivity contribution in [2.45, 2.75) is 6.54 Å². The van der Waals surface area contributed by atoms with Gasteiger partial charge in [0.15, 0.2) is 0 Å². The Morgan fingerprint density at radius 3 is 2.19 bits per heavy atom. The van der Waals surface area contributed by atoms with Crippen LogP contribution in [0.5, 0.6) is 5.75 Å². The second kappa shape index (κ2) is 7.39. The van der Waals surface area contributed by atoms with Gasteiger partial charge in [0.05, 0.1) is 17.2 Å². The minimum atomic E-state index is -4.09. The van der Waals surface area contributed by atoms with Gasteiger partial charge in [0.2, 0.25) is 0 Å². The van der Waals surface area contributed by atoms with Gasteiger partial charge in [-0.3, -0.25) is 15.1 Å². The molecule has 11 nitrogen and oxygen atoms in total. The number of nitrogens with two attached hydrogens (primary N) is 1. The summed E-state index contributed by atoms with van der Waals surface area (Å²) in [5, 5.41) is 25.0. The molecular weight excluding hydrogens is 376 g/mol. The highest BCUT2D eigenvalue weighted by Gasteiger charge is 2.13. The van der Waals surface area contributed by atoms with Gasteiger partial charge in [-0.1, -0.05) is 12.1 Å². The number of benzene rings is 2. The third kappa shape index (κ3) is 4.77. The van der Waals surface area contributed by atoms with Crippen molar-refractivity contribution < 1.29 is 17.5 Å². The molecule has 0 fully saturated rings. The first kappa shape index (κ1) is 18.3. The first-order valence-corrected chi connectivity index (χ1v) is 8.97. The smallest absolute Gasteiger partial charge is 0.371 e. The van der Waals surface area contributed by atoms with E-state index in [0.717, 1.165) is 5.56 Å². The van der Waals surface area contributed by atoms with E-state index in [0.29, 0.717) is 12.2 Å². The molecular formula is C15H14N6O5S. The molecule has 1 aromatic heterocycles. The number of nitro benzene ring substituents is 1. The average molecular weight is 390 g/mol. The quantitative estimate of drug-likeness (QED) is 0.468. The van der Waals surface area contributed by atoms with Crippen molar-refractivity contribution in [1.82, 2.24) is 14.9 Å². The van der Waals surface area contributed by atoms with E-state index in [1.165, 1.54) is 36.9 Å². The first-order chi connectivity index (χ1) is 12.8. The zero-order valence-corrected chi connectivity index (χ0v) is 14.6. The number of aromatic nitrogens is 3. The van der Waals surface area contributed by atoms with Crippen LogP contribution in [0.1, 0.15) is 5.56 Å². The van der Waals surface area contributed by atoms with E-state index in [1.54, 1.807) is 34.0 Å². The number of nitro groups is 1. The topological polar surface area (TPSA) is 146 Å². The van der Waals surface area contributed by atoms with Crippen LogP contribution in [0.25, 0.3) is 0 Å². The molecule has 1 heterocycles. The summed E-state index contributed by atoms with van der Waals surface area (Å²) < 4.78 is 28.1. The van der Waals surface area contributed by atoms with Crippen LogP contribution in [0.3, 0.4) is 0 Å². The number of rotatable bonds is 7. The summed E-state index contributed by atoms with van der Waals surface area (Å²) in [6.07, 6.45) is 2.97. The summed E-state index contributed by atoms with van der Waals surface area (Å²) in [6.45, 7) is 0.353. The Bertz CT molecular complexity index is 1020. The Morgan fingerprint density at radius 2 is 1.67 bits per heavy atom. The molecule has 3 aromatic rings. The summed E-state index contributed by atoms with van der Waals surface area (Å²) in [5.74, 6) is 0.0902. The molecule has 12 heteroatoms. The summed E-state index contributed by atoms with van der Waals surface area (Å²) in [4.78, 5) is 10.4. The minimum Gasteiger partial charge on any atom is -0.371 e. The number of hydrogen-bond acceptors (Lipinski definition) is 8. The molecule has 0 aliphatic rings. The monoisotopic (exact) mass is 390 g/mol. The molecule has 0 bridgehead atoms. The van der Waals surface area contributed by atoms with Crippen molar-refractivity contribution in [3.8, 4) is 5.75 Å². The van der Waals surface area contributed by atoms with Crippen molar-refractivity contribution in [2.24, 2.45) is 5.14 Å². The maximum absolute atomic E-state index is 11.0. The summed E-state index contributed by atoms with van der Waals surface area (Å²) in [7, 11) is -4.09. The Balaban J connectivity index is 1.85. The van der Waals surface area contributed by atoms with Gasteiger partial charge in [-0.25, -0.2) is 4.68 Å². The van der Waals surface area contributed by atoms with Crippen molar-refractivity contribution in [1.29, 1.82) is 0 Å². The Labute approximate surface area is 154 Å². The second-order valence-electron chi connectivity index (χ2n) is 5.39. The van der Waals surface area contributed by atoms with Gasteiger partial charge in [-0.2, -0.15) is 13.6 Å². The van der Waals surface area contributed by atoms with Crippen LogP contribution < -0.4 is 14.3 Å².